The summed E-state index contributed by atoms with van der Waals surface area (Å²) in [5, 5.41) is 0. The van der Waals surface area contributed by atoms with E-state index in [0.717, 1.165) is 0 Å². The molecule has 0 spiro atoms. The summed E-state index contributed by atoms with van der Waals surface area (Å²) in [5.41, 5.74) is 7.17. The van der Waals surface area contributed by atoms with E-state index >= 15 is 0 Å². The maximum atomic E-state index is 11.4. The van der Waals surface area contributed by atoms with Crippen LogP contribution in [-0.4, -0.2) is 25.3 Å². The Morgan fingerprint density at radius 3 is 2.81 bits per heavy atom. The first kappa shape index (κ1) is 10.5. The van der Waals surface area contributed by atoms with E-state index in [-0.39, 0.29) is 18.3 Å². The third-order valence-corrected chi connectivity index (χ3v) is 2.58. The van der Waals surface area contributed by atoms with E-state index < -0.39 is 0 Å². The van der Waals surface area contributed by atoms with E-state index in [1.54, 1.807) is 19.2 Å². The van der Waals surface area contributed by atoms with Crippen molar-refractivity contribution < 1.29 is 14.3 Å². The van der Waals surface area contributed by atoms with Crippen LogP contribution in [0.4, 0.5) is 11.4 Å². The molecule has 0 aliphatic carbocycles. The van der Waals surface area contributed by atoms with Gasteiger partial charge in [-0.05, 0) is 19.1 Å². The SMILES string of the molecule is CC(=O)c1cc(N)c2c(c1)N(C)C(=O)CO2. The van der Waals surface area contributed by atoms with Crippen molar-refractivity contribution in [3.05, 3.63) is 17.7 Å². The zero-order valence-corrected chi connectivity index (χ0v) is 9.11. The molecule has 0 unspecified atom stereocenters. The molecule has 1 aliphatic heterocycles. The lowest BCUT2D eigenvalue weighted by atomic mass is 10.1. The largest absolute Gasteiger partial charge is 0.479 e. The molecule has 84 valence electrons. The van der Waals surface area contributed by atoms with Crippen molar-refractivity contribution in [1.29, 1.82) is 0 Å². The van der Waals surface area contributed by atoms with Gasteiger partial charge in [0.1, 0.15) is 0 Å². The van der Waals surface area contributed by atoms with Gasteiger partial charge in [0, 0.05) is 12.6 Å². The maximum Gasteiger partial charge on any atom is 0.264 e. The molecule has 0 atom stereocenters. The molecule has 5 heteroatoms. The van der Waals surface area contributed by atoms with Gasteiger partial charge in [-0.2, -0.15) is 0 Å². The number of rotatable bonds is 1. The average Bonchev–Trinajstić information content (AvgIpc) is 2.23. The quantitative estimate of drug-likeness (QED) is 0.562. The van der Waals surface area contributed by atoms with Crippen molar-refractivity contribution in [2.75, 3.05) is 24.3 Å². The lowest BCUT2D eigenvalue weighted by Gasteiger charge is -2.27. The fraction of sp³-hybridized carbons (Fsp3) is 0.273. The van der Waals surface area contributed by atoms with Crippen LogP contribution in [-0.2, 0) is 4.79 Å². The van der Waals surface area contributed by atoms with Crippen molar-refractivity contribution in [2.24, 2.45) is 0 Å². The first-order chi connectivity index (χ1) is 7.50. The highest BCUT2D eigenvalue weighted by molar-refractivity contribution is 6.02. The summed E-state index contributed by atoms with van der Waals surface area (Å²) in [6.07, 6.45) is 0. The first-order valence-electron chi connectivity index (χ1n) is 4.84. The molecule has 1 aromatic rings. The van der Waals surface area contributed by atoms with Gasteiger partial charge in [-0.15, -0.1) is 0 Å². The Morgan fingerprint density at radius 1 is 1.50 bits per heavy atom. The lowest BCUT2D eigenvalue weighted by Crippen LogP contribution is -2.35. The monoisotopic (exact) mass is 220 g/mol. The number of anilines is 2. The number of hydrogen-bond donors (Lipinski definition) is 1. The molecule has 0 aromatic heterocycles. The summed E-state index contributed by atoms with van der Waals surface area (Å²) in [6.45, 7) is 1.43. The normalized spacial score (nSPS) is 14.4. The Labute approximate surface area is 92.8 Å². The summed E-state index contributed by atoms with van der Waals surface area (Å²) in [6, 6.07) is 3.18. The molecule has 5 nitrogen and oxygen atoms in total. The van der Waals surface area contributed by atoms with Gasteiger partial charge in [-0.3, -0.25) is 9.59 Å². The smallest absolute Gasteiger partial charge is 0.264 e. The predicted molar refractivity (Wildman–Crippen MR) is 59.8 cm³/mol. The molecule has 1 heterocycles. The molecule has 0 saturated heterocycles. The summed E-state index contributed by atoms with van der Waals surface area (Å²) >= 11 is 0. The van der Waals surface area contributed by atoms with E-state index in [2.05, 4.69) is 0 Å². The molecular weight excluding hydrogens is 208 g/mol. The van der Waals surface area contributed by atoms with E-state index in [1.165, 1.54) is 11.8 Å². The van der Waals surface area contributed by atoms with Crippen LogP contribution < -0.4 is 15.4 Å². The van der Waals surface area contributed by atoms with Crippen molar-refractivity contribution in [3.63, 3.8) is 0 Å². The van der Waals surface area contributed by atoms with Gasteiger partial charge in [0.2, 0.25) is 0 Å². The second kappa shape index (κ2) is 3.52. The summed E-state index contributed by atoms with van der Waals surface area (Å²) in [5.74, 6) is 0.209. The Morgan fingerprint density at radius 2 is 2.19 bits per heavy atom. The summed E-state index contributed by atoms with van der Waals surface area (Å²) < 4.78 is 5.24. The van der Waals surface area contributed by atoms with Crippen LogP contribution in [0.25, 0.3) is 0 Å². The minimum absolute atomic E-state index is 0.0207. The molecule has 2 rings (SSSR count). The Hall–Kier alpha value is -2.04. The number of nitrogens with zero attached hydrogens (tertiary/aromatic N) is 1. The van der Waals surface area contributed by atoms with E-state index in [9.17, 15) is 9.59 Å². The first-order valence-corrected chi connectivity index (χ1v) is 4.84. The van der Waals surface area contributed by atoms with Crippen LogP contribution in [0.1, 0.15) is 17.3 Å². The van der Waals surface area contributed by atoms with Crippen LogP contribution in [0.3, 0.4) is 0 Å². The highest BCUT2D eigenvalue weighted by Crippen LogP contribution is 2.37. The number of ketones is 1. The fourth-order valence-corrected chi connectivity index (χ4v) is 1.61. The predicted octanol–water partition coefficient (Wildman–Crippen LogP) is 0.827. The molecule has 1 aromatic carbocycles. The third kappa shape index (κ3) is 1.50. The number of Topliss-reactive ketones (excluding diaryl/α,β-unsaturated/α-hetero) is 1. The zero-order valence-electron chi connectivity index (χ0n) is 9.11. The standard InChI is InChI=1S/C11H12N2O3/c1-6(14)7-3-8(12)11-9(4-7)13(2)10(15)5-16-11/h3-4H,5,12H2,1-2H3. The number of carbonyl (C=O) groups is 2. The van der Waals surface area contributed by atoms with Crippen molar-refractivity contribution in [1.82, 2.24) is 0 Å². The molecular formula is C11H12N2O3. The minimum atomic E-state index is -0.160. The van der Waals surface area contributed by atoms with Crippen molar-refractivity contribution in [3.8, 4) is 5.75 Å². The van der Waals surface area contributed by atoms with Crippen molar-refractivity contribution >= 4 is 23.1 Å². The molecule has 16 heavy (non-hydrogen) atoms. The van der Waals surface area contributed by atoms with E-state index in [4.69, 9.17) is 10.5 Å². The van der Waals surface area contributed by atoms with Crippen LogP contribution in [0.15, 0.2) is 12.1 Å². The Balaban J connectivity index is 2.60. The molecule has 0 radical (unpaired) electrons. The van der Waals surface area contributed by atoms with Crippen LogP contribution in [0, 0.1) is 0 Å². The molecule has 2 N–H and O–H groups in total. The molecule has 0 saturated carbocycles. The zero-order chi connectivity index (χ0) is 11.9. The highest BCUT2D eigenvalue weighted by Gasteiger charge is 2.25. The van der Waals surface area contributed by atoms with Crippen molar-refractivity contribution in [2.45, 2.75) is 6.92 Å². The van der Waals surface area contributed by atoms with E-state index in [0.29, 0.717) is 22.7 Å². The van der Waals surface area contributed by atoms with Gasteiger partial charge in [-0.1, -0.05) is 0 Å². The number of carbonyl (C=O) groups excluding carboxylic acids is 2. The molecule has 1 amide bonds. The minimum Gasteiger partial charge on any atom is -0.479 e. The second-order valence-electron chi connectivity index (χ2n) is 3.71. The highest BCUT2D eigenvalue weighted by atomic mass is 16.5. The van der Waals surface area contributed by atoms with Gasteiger partial charge in [0.15, 0.2) is 18.1 Å². The molecule has 1 aliphatic rings. The number of nitrogen functional groups attached to an aromatic ring is 1. The topological polar surface area (TPSA) is 72.6 Å². The van der Waals surface area contributed by atoms with Gasteiger partial charge in [0.25, 0.3) is 5.91 Å². The number of hydrogen-bond acceptors (Lipinski definition) is 4. The van der Waals surface area contributed by atoms with Gasteiger partial charge < -0.3 is 15.4 Å². The maximum absolute atomic E-state index is 11.4. The number of amides is 1. The Bertz CT molecular complexity index is 482. The summed E-state index contributed by atoms with van der Waals surface area (Å²) in [4.78, 5) is 24.1. The van der Waals surface area contributed by atoms with Gasteiger partial charge in [0.05, 0.1) is 11.4 Å². The molecule has 0 fully saturated rings. The number of fused-ring (bicyclic) bond motifs is 1. The third-order valence-electron chi connectivity index (χ3n) is 2.58. The second-order valence-corrected chi connectivity index (χ2v) is 3.71. The lowest BCUT2D eigenvalue weighted by molar-refractivity contribution is -0.120. The molecule has 0 bridgehead atoms. The van der Waals surface area contributed by atoms with Crippen LogP contribution in [0.2, 0.25) is 0 Å². The average molecular weight is 220 g/mol. The number of benzene rings is 1. The van der Waals surface area contributed by atoms with Gasteiger partial charge in [-0.25, -0.2) is 0 Å². The fourth-order valence-electron chi connectivity index (χ4n) is 1.61. The number of nitrogens with two attached hydrogens (primary N) is 1. The van der Waals surface area contributed by atoms with Crippen LogP contribution in [0.5, 0.6) is 5.75 Å². The number of likely N-dealkylation sites (N-methyl/N-ethyl adjacent to an activating group) is 1. The van der Waals surface area contributed by atoms with Crippen LogP contribution >= 0.6 is 0 Å². The van der Waals surface area contributed by atoms with E-state index in [1.807, 2.05) is 0 Å². The summed E-state index contributed by atoms with van der Waals surface area (Å²) in [7, 11) is 1.63. The van der Waals surface area contributed by atoms with Gasteiger partial charge >= 0.3 is 0 Å². The Kier molecular flexibility index (Phi) is 2.30. The number of ether oxygens (including phenoxy) is 1.